The van der Waals surface area contributed by atoms with Gasteiger partial charge >= 0.3 is 5.97 Å². The Bertz CT molecular complexity index is 917. The maximum Gasteiger partial charge on any atom is 0.326 e. The Balaban J connectivity index is 1.24. The number of fused-ring (bicyclic) bond motifs is 5. The van der Waals surface area contributed by atoms with Crippen molar-refractivity contribution in [2.75, 3.05) is 13.2 Å². The third-order valence-corrected chi connectivity index (χ3v) is 10.2. The summed E-state index contributed by atoms with van der Waals surface area (Å²) < 4.78 is 0. The zero-order chi connectivity index (χ0) is 24.3. The molecule has 0 aromatic rings. The van der Waals surface area contributed by atoms with Crippen molar-refractivity contribution in [2.24, 2.45) is 33.7 Å². The lowest BCUT2D eigenvalue weighted by Gasteiger charge is -2.57. The zero-order valence-electron chi connectivity index (χ0n) is 20.3. The number of carbonyl (C=O) groups is 2. The summed E-state index contributed by atoms with van der Waals surface area (Å²) >= 11 is 0. The fourth-order valence-electron chi connectivity index (χ4n) is 8.19. The van der Waals surface area contributed by atoms with E-state index >= 15 is 0 Å². The van der Waals surface area contributed by atoms with E-state index in [0.717, 1.165) is 44.2 Å². The van der Waals surface area contributed by atoms with Crippen LogP contribution in [0.3, 0.4) is 0 Å². The van der Waals surface area contributed by atoms with E-state index in [1.807, 2.05) is 0 Å². The molecule has 1 aliphatic heterocycles. The summed E-state index contributed by atoms with van der Waals surface area (Å²) in [7, 11) is 0. The molecule has 1 saturated heterocycles. The number of amides is 1. The number of aliphatic hydroxyl groups excluding tert-OH is 2. The van der Waals surface area contributed by atoms with Crippen molar-refractivity contribution in [3.63, 3.8) is 0 Å². The van der Waals surface area contributed by atoms with Crippen molar-refractivity contribution in [2.45, 2.75) is 89.9 Å². The number of nitrogens with zero attached hydrogens (tertiary/aromatic N) is 2. The van der Waals surface area contributed by atoms with Gasteiger partial charge in [-0.15, -0.1) is 0 Å². The number of carboxylic acids is 1. The quantitative estimate of drug-likeness (QED) is 0.539. The Morgan fingerprint density at radius 2 is 1.91 bits per heavy atom. The zero-order valence-corrected chi connectivity index (χ0v) is 20.3. The Morgan fingerprint density at radius 3 is 2.68 bits per heavy atom. The lowest BCUT2D eigenvalue weighted by atomic mass is 9.47. The molecule has 4 aliphatic carbocycles. The summed E-state index contributed by atoms with van der Waals surface area (Å²) in [4.78, 5) is 30.3. The number of β-amino-alcohol motifs (C(OH)–C–C–N with tert-alkyl or cyclic N) is 1. The van der Waals surface area contributed by atoms with Crippen molar-refractivity contribution in [3.05, 3.63) is 11.6 Å². The smallest absolute Gasteiger partial charge is 0.326 e. The Hall–Kier alpha value is -1.93. The second kappa shape index (κ2) is 8.63. The Morgan fingerprint density at radius 1 is 1.12 bits per heavy atom. The summed E-state index contributed by atoms with van der Waals surface area (Å²) in [5.41, 5.74) is 2.52. The molecule has 0 radical (unpaired) electrons. The molecule has 0 unspecified atom stereocenters. The standard InChI is InChI=1S/C26H38N2O6/c1-25-9-7-16(27-34-14-23(31)28-13-17(29)12-21(28)24(32)33)11-15(25)3-4-18-19-5-6-22(30)26(19,2)10-8-20(18)25/h11,17-22,29-30H,3-10,12-14H2,1-2H3,(H,32,33)/b27-16+/t17-,18-,19+,20-,21-,22+,25+,26+/m1/s1. The van der Waals surface area contributed by atoms with Crippen LogP contribution in [0.1, 0.15) is 71.6 Å². The van der Waals surface area contributed by atoms with Gasteiger partial charge in [0.2, 0.25) is 0 Å². The van der Waals surface area contributed by atoms with Crippen LogP contribution in [0.4, 0.5) is 0 Å². The molecule has 8 heteroatoms. The first-order valence-corrected chi connectivity index (χ1v) is 12.9. The van der Waals surface area contributed by atoms with Gasteiger partial charge in [0, 0.05) is 13.0 Å². The number of oxime groups is 1. The van der Waals surface area contributed by atoms with Gasteiger partial charge in [0.25, 0.3) is 5.91 Å². The monoisotopic (exact) mass is 474 g/mol. The van der Waals surface area contributed by atoms with E-state index in [0.29, 0.717) is 17.8 Å². The molecule has 8 nitrogen and oxygen atoms in total. The first-order chi connectivity index (χ1) is 16.1. The average Bonchev–Trinajstić information content (AvgIpc) is 3.33. The molecule has 34 heavy (non-hydrogen) atoms. The highest BCUT2D eigenvalue weighted by Crippen LogP contribution is 2.65. The normalized spacial score (nSPS) is 44.8. The van der Waals surface area contributed by atoms with Crippen LogP contribution in [0.25, 0.3) is 0 Å². The van der Waals surface area contributed by atoms with Crippen molar-refractivity contribution in [1.82, 2.24) is 4.90 Å². The minimum Gasteiger partial charge on any atom is -0.480 e. The minimum absolute atomic E-state index is 0.0117. The van der Waals surface area contributed by atoms with E-state index in [9.17, 15) is 24.9 Å². The maximum absolute atomic E-state index is 12.4. The number of rotatable bonds is 4. The molecule has 5 rings (SSSR count). The predicted octanol–water partition coefficient (Wildman–Crippen LogP) is 2.73. The van der Waals surface area contributed by atoms with E-state index in [2.05, 4.69) is 25.1 Å². The lowest BCUT2D eigenvalue weighted by Crippen LogP contribution is -2.51. The number of allylic oxidation sites excluding steroid dienone is 2. The van der Waals surface area contributed by atoms with E-state index in [4.69, 9.17) is 4.84 Å². The number of hydrogen-bond acceptors (Lipinski definition) is 6. The first-order valence-electron chi connectivity index (χ1n) is 12.9. The Labute approximate surface area is 201 Å². The summed E-state index contributed by atoms with van der Waals surface area (Å²) in [6.07, 6.45) is 9.64. The topological polar surface area (TPSA) is 120 Å². The molecule has 4 fully saturated rings. The lowest BCUT2D eigenvalue weighted by molar-refractivity contribution is -0.150. The highest BCUT2D eigenvalue weighted by Gasteiger charge is 2.58. The van der Waals surface area contributed by atoms with E-state index in [1.54, 1.807) is 0 Å². The fraction of sp³-hybridized carbons (Fsp3) is 0.808. The highest BCUT2D eigenvalue weighted by atomic mass is 16.6. The number of carbonyl (C=O) groups excluding carboxylic acids is 1. The SMILES string of the molecule is C[C@]12CC[C@@H]3[C@H](CCC4=C/C(=N/OCC(=O)N5C[C@H](O)C[C@@H]5C(=O)O)CC[C@@]43C)[C@@H]1CC[C@@H]2O. The van der Waals surface area contributed by atoms with Gasteiger partial charge in [-0.25, -0.2) is 4.79 Å². The van der Waals surface area contributed by atoms with Crippen molar-refractivity contribution < 1.29 is 29.7 Å². The van der Waals surface area contributed by atoms with E-state index < -0.39 is 24.0 Å². The van der Waals surface area contributed by atoms with Crippen LogP contribution >= 0.6 is 0 Å². The predicted molar refractivity (Wildman–Crippen MR) is 125 cm³/mol. The number of hydrogen-bond donors (Lipinski definition) is 3. The molecule has 8 atom stereocenters. The van der Waals surface area contributed by atoms with Gasteiger partial charge in [-0.3, -0.25) is 4.79 Å². The van der Waals surface area contributed by atoms with Crippen molar-refractivity contribution >= 4 is 17.6 Å². The second-order valence-electron chi connectivity index (χ2n) is 11.8. The minimum atomic E-state index is -1.11. The van der Waals surface area contributed by atoms with Gasteiger partial charge in [-0.1, -0.05) is 24.6 Å². The molecule has 0 spiro atoms. The third kappa shape index (κ3) is 3.77. The van der Waals surface area contributed by atoms with Crippen LogP contribution in [0.5, 0.6) is 0 Å². The number of likely N-dealkylation sites (tertiary alicyclic amines) is 1. The van der Waals surface area contributed by atoms with Crippen molar-refractivity contribution in [3.8, 4) is 0 Å². The molecule has 3 N–H and O–H groups in total. The molecule has 0 aromatic heterocycles. The molecule has 188 valence electrons. The molecular weight excluding hydrogens is 436 g/mol. The summed E-state index contributed by atoms with van der Waals surface area (Å²) in [5, 5.41) is 33.9. The molecule has 5 aliphatic rings. The van der Waals surface area contributed by atoms with E-state index in [1.165, 1.54) is 23.3 Å². The molecule has 0 aromatic carbocycles. The second-order valence-corrected chi connectivity index (χ2v) is 11.8. The molecular formula is C26H38N2O6. The highest BCUT2D eigenvalue weighted by molar-refractivity contribution is 5.96. The van der Waals surface area contributed by atoms with Gasteiger partial charge < -0.3 is 25.1 Å². The summed E-state index contributed by atoms with van der Waals surface area (Å²) in [6, 6.07) is -1.01. The molecule has 0 bridgehead atoms. The maximum atomic E-state index is 12.4. The van der Waals surface area contributed by atoms with Crippen LogP contribution in [0.15, 0.2) is 16.8 Å². The van der Waals surface area contributed by atoms with Gasteiger partial charge in [0.1, 0.15) is 6.04 Å². The van der Waals surface area contributed by atoms with Gasteiger partial charge in [0.15, 0.2) is 6.61 Å². The number of aliphatic carboxylic acids is 1. The van der Waals surface area contributed by atoms with Crippen LogP contribution in [0, 0.1) is 28.6 Å². The number of aliphatic hydroxyl groups is 2. The first kappa shape index (κ1) is 23.8. The number of carboxylic acid groups (broad SMARTS) is 1. The largest absolute Gasteiger partial charge is 0.480 e. The third-order valence-electron chi connectivity index (χ3n) is 10.2. The Kier molecular flexibility index (Phi) is 6.04. The van der Waals surface area contributed by atoms with Crippen LogP contribution in [0.2, 0.25) is 0 Å². The summed E-state index contributed by atoms with van der Waals surface area (Å²) in [6.45, 7) is 4.41. The van der Waals surface area contributed by atoms with Crippen LogP contribution in [-0.4, -0.2) is 69.2 Å². The van der Waals surface area contributed by atoms with Crippen LogP contribution in [-0.2, 0) is 14.4 Å². The van der Waals surface area contributed by atoms with Gasteiger partial charge in [-0.05, 0) is 86.0 Å². The van der Waals surface area contributed by atoms with E-state index in [-0.39, 0.29) is 36.5 Å². The average molecular weight is 475 g/mol. The molecule has 1 heterocycles. The van der Waals surface area contributed by atoms with Crippen molar-refractivity contribution in [1.29, 1.82) is 0 Å². The van der Waals surface area contributed by atoms with Gasteiger partial charge in [-0.2, -0.15) is 0 Å². The fourth-order valence-corrected chi connectivity index (χ4v) is 8.19. The molecule has 3 saturated carbocycles. The summed E-state index contributed by atoms with van der Waals surface area (Å²) in [5.74, 6) is 0.380. The van der Waals surface area contributed by atoms with Gasteiger partial charge in [0.05, 0.1) is 17.9 Å². The van der Waals surface area contributed by atoms with Crippen LogP contribution < -0.4 is 0 Å². The molecule has 1 amide bonds.